The SMILES string of the molecule is CC(C)CC(NC(=O)[C@@H](Cc1ccccc1)NC(=O)[C@@H](Cc1ccccc1)NC(=O)OC(C)(C)C)C(=O)N[C@H](CCCCNC(=O)OC(C)(C)C)C(=O)N1CCC2(CC1)CC1(CNC(=O)C1)C2. The number of amides is 7. The van der Waals surface area contributed by atoms with Gasteiger partial charge in [-0.15, -0.1) is 0 Å². The monoisotopic (exact) mass is 930 g/mol. The predicted molar refractivity (Wildman–Crippen MR) is 254 cm³/mol. The third kappa shape index (κ3) is 16.6. The molecule has 368 valence electrons. The first-order valence-corrected chi connectivity index (χ1v) is 24.0. The van der Waals surface area contributed by atoms with Crippen molar-refractivity contribution >= 4 is 41.7 Å². The van der Waals surface area contributed by atoms with E-state index in [2.05, 4.69) is 31.9 Å². The van der Waals surface area contributed by atoms with Crippen LogP contribution in [0.3, 0.4) is 0 Å². The zero-order valence-corrected chi connectivity index (χ0v) is 40.9. The number of unbranched alkanes of at least 4 members (excludes halogenated alkanes) is 1. The van der Waals surface area contributed by atoms with Gasteiger partial charge in [-0.25, -0.2) is 9.59 Å². The number of rotatable bonds is 19. The molecule has 4 atom stereocenters. The van der Waals surface area contributed by atoms with Gasteiger partial charge in [0.2, 0.25) is 29.5 Å². The average molecular weight is 930 g/mol. The Morgan fingerprint density at radius 1 is 0.657 bits per heavy atom. The molecule has 1 aliphatic carbocycles. The van der Waals surface area contributed by atoms with E-state index in [-0.39, 0.29) is 47.8 Å². The molecule has 2 heterocycles. The molecule has 2 aromatic rings. The first-order chi connectivity index (χ1) is 31.5. The van der Waals surface area contributed by atoms with E-state index >= 15 is 0 Å². The lowest BCUT2D eigenvalue weighted by molar-refractivity contribution is -0.143. The first-order valence-electron chi connectivity index (χ1n) is 24.0. The van der Waals surface area contributed by atoms with Crippen LogP contribution in [0.15, 0.2) is 60.7 Å². The predicted octanol–water partition coefficient (Wildman–Crippen LogP) is 5.47. The molecule has 16 nitrogen and oxygen atoms in total. The van der Waals surface area contributed by atoms with Gasteiger partial charge in [-0.3, -0.25) is 24.0 Å². The molecule has 1 saturated carbocycles. The average Bonchev–Trinajstić information content (AvgIpc) is 3.61. The minimum atomic E-state index is -1.16. The van der Waals surface area contributed by atoms with Gasteiger partial charge in [0.15, 0.2) is 0 Å². The van der Waals surface area contributed by atoms with Crippen molar-refractivity contribution in [2.75, 3.05) is 26.2 Å². The summed E-state index contributed by atoms with van der Waals surface area (Å²) in [5, 5.41) is 17.2. The van der Waals surface area contributed by atoms with Crippen LogP contribution < -0.4 is 31.9 Å². The fourth-order valence-electron chi connectivity index (χ4n) is 9.64. The van der Waals surface area contributed by atoms with Crippen molar-refractivity contribution in [1.29, 1.82) is 0 Å². The van der Waals surface area contributed by atoms with E-state index in [0.29, 0.717) is 51.9 Å². The minimum absolute atomic E-state index is 0.0206. The quantitative estimate of drug-likeness (QED) is 0.0985. The van der Waals surface area contributed by atoms with Crippen LogP contribution in [0, 0.1) is 16.7 Å². The Labute approximate surface area is 396 Å². The van der Waals surface area contributed by atoms with Gasteiger partial charge in [-0.1, -0.05) is 74.5 Å². The summed E-state index contributed by atoms with van der Waals surface area (Å²) < 4.78 is 10.9. The second-order valence-electron chi connectivity index (χ2n) is 21.4. The summed E-state index contributed by atoms with van der Waals surface area (Å²) in [6.07, 6.45) is 4.55. The number of carbonyl (C=O) groups excluding carboxylic acids is 7. The van der Waals surface area contributed by atoms with E-state index in [4.69, 9.17) is 9.47 Å². The Hall–Kier alpha value is -5.67. The molecule has 3 aliphatic rings. The number of hydrogen-bond donors (Lipinski definition) is 6. The second kappa shape index (κ2) is 22.9. The Balaban J connectivity index is 1.31. The maximum Gasteiger partial charge on any atom is 0.408 e. The molecule has 67 heavy (non-hydrogen) atoms. The Bertz CT molecular complexity index is 2020. The summed E-state index contributed by atoms with van der Waals surface area (Å²) in [7, 11) is 0. The van der Waals surface area contributed by atoms with Crippen LogP contribution in [0.25, 0.3) is 0 Å². The highest BCUT2D eigenvalue weighted by atomic mass is 16.6. The molecule has 2 aromatic carbocycles. The van der Waals surface area contributed by atoms with Gasteiger partial charge >= 0.3 is 12.2 Å². The number of nitrogens with zero attached hydrogens (tertiary/aromatic N) is 1. The molecular weight excluding hydrogens is 855 g/mol. The van der Waals surface area contributed by atoms with E-state index in [1.54, 1.807) is 41.5 Å². The van der Waals surface area contributed by atoms with Crippen molar-refractivity contribution in [3.63, 3.8) is 0 Å². The van der Waals surface area contributed by atoms with Crippen LogP contribution in [-0.4, -0.2) is 108 Å². The lowest BCUT2D eigenvalue weighted by Crippen LogP contribution is -2.60. The van der Waals surface area contributed by atoms with E-state index in [1.807, 2.05) is 79.4 Å². The molecule has 7 amide bonds. The van der Waals surface area contributed by atoms with Gasteiger partial charge in [0.25, 0.3) is 0 Å². The summed E-state index contributed by atoms with van der Waals surface area (Å²) in [5.74, 6) is -1.90. The summed E-state index contributed by atoms with van der Waals surface area (Å²) in [6.45, 7) is 16.5. The van der Waals surface area contributed by atoms with Gasteiger partial charge in [-0.05, 0) is 121 Å². The molecule has 16 heteroatoms. The molecule has 3 fully saturated rings. The first kappa shape index (κ1) is 52.3. The van der Waals surface area contributed by atoms with Crippen LogP contribution >= 0.6 is 0 Å². The number of likely N-dealkylation sites (tertiary alicyclic amines) is 1. The second-order valence-corrected chi connectivity index (χ2v) is 21.4. The maximum atomic E-state index is 14.5. The van der Waals surface area contributed by atoms with Crippen molar-refractivity contribution in [3.8, 4) is 0 Å². The summed E-state index contributed by atoms with van der Waals surface area (Å²) >= 11 is 0. The van der Waals surface area contributed by atoms with E-state index in [0.717, 1.165) is 36.8 Å². The molecule has 6 N–H and O–H groups in total. The van der Waals surface area contributed by atoms with Crippen molar-refractivity contribution in [2.24, 2.45) is 16.7 Å². The standard InChI is InChI=1S/C51H75N7O9/c1-34(2)27-38(55-43(61)39(28-35-17-11-9-12-18-35)56-44(62)40(29-36-19-13-10-14-20-36)57-47(65)67-49(6,7)8)42(60)54-37(21-15-16-24-52-46(64)66-48(3,4)5)45(63)58-25-22-50(23-26-58)31-51(32-50)30-41(59)53-33-51/h9-14,17-20,34,37-40H,15-16,21-33H2,1-8H3,(H,52,64)(H,53,59)(H,54,60)(H,55,61)(H,56,62)(H,57,65)/t37-,38?,39-,40-/m1/s1. The molecule has 2 spiro atoms. The third-order valence-electron chi connectivity index (χ3n) is 12.6. The number of piperidine rings is 1. The van der Waals surface area contributed by atoms with Crippen LogP contribution in [0.2, 0.25) is 0 Å². The molecule has 0 radical (unpaired) electrons. The smallest absolute Gasteiger partial charge is 0.408 e. The Morgan fingerprint density at radius 2 is 1.15 bits per heavy atom. The molecule has 1 unspecified atom stereocenters. The largest absolute Gasteiger partial charge is 0.444 e. The molecule has 0 bridgehead atoms. The lowest BCUT2D eigenvalue weighted by atomic mass is 9.49. The highest BCUT2D eigenvalue weighted by molar-refractivity contribution is 5.95. The van der Waals surface area contributed by atoms with Gasteiger partial charge in [0.05, 0.1) is 0 Å². The zero-order valence-electron chi connectivity index (χ0n) is 40.9. The molecule has 5 rings (SSSR count). The molecule has 2 aliphatic heterocycles. The molecule has 0 aromatic heterocycles. The van der Waals surface area contributed by atoms with Crippen molar-refractivity contribution < 1.29 is 43.0 Å². The fourth-order valence-corrected chi connectivity index (χ4v) is 9.64. The normalized spacial score (nSPS) is 18.1. The van der Waals surface area contributed by atoms with Gasteiger partial charge in [0.1, 0.15) is 35.4 Å². The van der Waals surface area contributed by atoms with Crippen LogP contribution in [0.1, 0.15) is 124 Å². The Kier molecular flexibility index (Phi) is 17.9. The van der Waals surface area contributed by atoms with Crippen LogP contribution in [-0.2, 0) is 46.3 Å². The fraction of sp³-hybridized carbons (Fsp3) is 0.627. The van der Waals surface area contributed by atoms with Crippen molar-refractivity contribution in [1.82, 2.24) is 36.8 Å². The van der Waals surface area contributed by atoms with Gasteiger partial charge in [-0.2, -0.15) is 0 Å². The molecular formula is C51H75N7O9. The van der Waals surface area contributed by atoms with Gasteiger partial charge < -0.3 is 46.3 Å². The number of carbonyl (C=O) groups is 7. The summed E-state index contributed by atoms with van der Waals surface area (Å²) in [4.78, 5) is 96.7. The highest BCUT2D eigenvalue weighted by Gasteiger charge is 2.57. The van der Waals surface area contributed by atoms with Crippen LogP contribution in [0.5, 0.6) is 0 Å². The van der Waals surface area contributed by atoms with Crippen molar-refractivity contribution in [2.45, 2.75) is 161 Å². The van der Waals surface area contributed by atoms with Gasteiger partial charge in [0, 0.05) is 45.4 Å². The Morgan fingerprint density at radius 3 is 1.66 bits per heavy atom. The van der Waals surface area contributed by atoms with Crippen LogP contribution in [0.4, 0.5) is 9.59 Å². The summed E-state index contributed by atoms with van der Waals surface area (Å²) in [5.41, 5.74) is 0.180. The summed E-state index contributed by atoms with van der Waals surface area (Å²) in [6, 6.07) is 14.1. The zero-order chi connectivity index (χ0) is 49.0. The number of alkyl carbamates (subject to hydrolysis) is 2. The number of nitrogens with one attached hydrogen (secondary N) is 6. The van der Waals surface area contributed by atoms with Crippen molar-refractivity contribution in [3.05, 3.63) is 71.8 Å². The minimum Gasteiger partial charge on any atom is -0.444 e. The third-order valence-corrected chi connectivity index (χ3v) is 12.6. The highest BCUT2D eigenvalue weighted by Crippen LogP contribution is 2.62. The van der Waals surface area contributed by atoms with E-state index < -0.39 is 65.3 Å². The lowest BCUT2D eigenvalue weighted by Gasteiger charge is -2.57. The van der Waals surface area contributed by atoms with E-state index in [9.17, 15) is 33.6 Å². The molecule has 2 saturated heterocycles. The topological polar surface area (TPSA) is 213 Å². The maximum absolute atomic E-state index is 14.5. The number of ether oxygens (including phenoxy) is 2. The number of hydrogen-bond acceptors (Lipinski definition) is 9. The number of benzene rings is 2. The van der Waals surface area contributed by atoms with E-state index in [1.165, 1.54) is 0 Å².